The van der Waals surface area contributed by atoms with Crippen LogP contribution in [-0.4, -0.2) is 24.4 Å². The molecular weight excluding hydrogens is 356 g/mol. The largest absolute Gasteiger partial charge is 0.466 e. The van der Waals surface area contributed by atoms with E-state index in [-0.39, 0.29) is 24.3 Å². The van der Waals surface area contributed by atoms with Crippen molar-refractivity contribution < 1.29 is 19.1 Å². The molecule has 2 amide bonds. The van der Waals surface area contributed by atoms with E-state index in [0.29, 0.717) is 16.9 Å². The molecule has 0 aliphatic heterocycles. The molecule has 0 saturated heterocycles. The summed E-state index contributed by atoms with van der Waals surface area (Å²) in [5, 5.41) is 5.43. The maximum atomic E-state index is 12.5. The lowest BCUT2D eigenvalue weighted by molar-refractivity contribution is -0.145. The van der Waals surface area contributed by atoms with Gasteiger partial charge in [0.25, 0.3) is 5.91 Å². The number of nitrogens with one attached hydrogen (secondary N) is 2. The molecule has 0 radical (unpaired) electrons. The van der Waals surface area contributed by atoms with E-state index in [0.717, 1.165) is 5.56 Å². The summed E-state index contributed by atoms with van der Waals surface area (Å²) in [7, 11) is 0. The summed E-state index contributed by atoms with van der Waals surface area (Å²) >= 11 is 0. The third-order valence-corrected chi connectivity index (χ3v) is 4.03. The molecule has 6 nitrogen and oxygen atoms in total. The molecule has 2 aromatic carbocycles. The van der Waals surface area contributed by atoms with Gasteiger partial charge in [0, 0.05) is 16.9 Å². The first-order valence-electron chi connectivity index (χ1n) is 9.16. The number of carbonyl (C=O) groups is 3. The normalized spacial score (nSPS) is 10.9. The van der Waals surface area contributed by atoms with Crippen LogP contribution in [0.2, 0.25) is 0 Å². The monoisotopic (exact) mass is 382 g/mol. The van der Waals surface area contributed by atoms with E-state index in [1.54, 1.807) is 43.3 Å². The third-order valence-electron chi connectivity index (χ3n) is 4.03. The smallest absolute Gasteiger partial charge is 0.315 e. The van der Waals surface area contributed by atoms with Crippen molar-refractivity contribution in [3.8, 4) is 0 Å². The number of ether oxygens (including phenoxy) is 1. The van der Waals surface area contributed by atoms with Gasteiger partial charge in [0.05, 0.1) is 6.61 Å². The van der Waals surface area contributed by atoms with Crippen LogP contribution in [0.5, 0.6) is 0 Å². The highest BCUT2D eigenvalue weighted by atomic mass is 16.5. The number of benzene rings is 2. The van der Waals surface area contributed by atoms with Crippen LogP contribution in [-0.2, 0) is 19.7 Å². The molecule has 28 heavy (non-hydrogen) atoms. The molecule has 2 rings (SSSR count). The number of amides is 2. The van der Waals surface area contributed by atoms with Gasteiger partial charge < -0.3 is 15.4 Å². The highest BCUT2D eigenvalue weighted by Crippen LogP contribution is 2.23. The Balaban J connectivity index is 2.01. The fourth-order valence-corrected chi connectivity index (χ4v) is 2.55. The lowest BCUT2D eigenvalue weighted by atomic mass is 9.87. The minimum absolute atomic E-state index is 0.0189. The summed E-state index contributed by atoms with van der Waals surface area (Å²) in [6, 6.07) is 14.2. The fourth-order valence-electron chi connectivity index (χ4n) is 2.55. The molecule has 0 fully saturated rings. The van der Waals surface area contributed by atoms with Crippen molar-refractivity contribution in [2.24, 2.45) is 0 Å². The Morgan fingerprint density at radius 1 is 0.929 bits per heavy atom. The fraction of sp³-hybridized carbons (Fsp3) is 0.318. The van der Waals surface area contributed by atoms with Crippen LogP contribution in [0.25, 0.3) is 0 Å². The molecule has 0 saturated carbocycles. The van der Waals surface area contributed by atoms with Crippen molar-refractivity contribution in [3.05, 3.63) is 59.7 Å². The molecular formula is C22H26N2O4. The van der Waals surface area contributed by atoms with Gasteiger partial charge in [0.15, 0.2) is 0 Å². The molecule has 0 bridgehead atoms. The Bertz CT molecular complexity index is 852. The minimum Gasteiger partial charge on any atom is -0.466 e. The first-order valence-corrected chi connectivity index (χ1v) is 9.16. The standard InChI is InChI=1S/C22H26N2O4/c1-5-28-20(26)14-19(25)23-17-7-6-8-18(13-17)24-21(27)15-9-11-16(12-10-15)22(2,3)4/h6-13H,5,14H2,1-4H3,(H,23,25)(H,24,27). The van der Waals surface area contributed by atoms with E-state index in [1.807, 2.05) is 12.1 Å². The number of anilines is 2. The van der Waals surface area contributed by atoms with Crippen LogP contribution in [0.1, 0.15) is 50.0 Å². The zero-order valence-corrected chi connectivity index (χ0v) is 16.7. The highest BCUT2D eigenvalue weighted by molar-refractivity contribution is 6.05. The molecule has 2 aromatic rings. The number of rotatable bonds is 6. The van der Waals surface area contributed by atoms with Crippen LogP contribution in [0.4, 0.5) is 11.4 Å². The van der Waals surface area contributed by atoms with Gasteiger partial charge in [-0.15, -0.1) is 0 Å². The maximum absolute atomic E-state index is 12.5. The van der Waals surface area contributed by atoms with Crippen LogP contribution < -0.4 is 10.6 Å². The van der Waals surface area contributed by atoms with Crippen molar-refractivity contribution in [3.63, 3.8) is 0 Å². The van der Waals surface area contributed by atoms with Crippen molar-refractivity contribution in [1.29, 1.82) is 0 Å². The summed E-state index contributed by atoms with van der Waals surface area (Å²) in [6.07, 6.45) is -0.357. The first-order chi connectivity index (χ1) is 13.2. The zero-order chi connectivity index (χ0) is 20.7. The number of carbonyl (C=O) groups excluding carboxylic acids is 3. The van der Waals surface area contributed by atoms with Gasteiger partial charge in [-0.1, -0.05) is 39.0 Å². The van der Waals surface area contributed by atoms with E-state index >= 15 is 0 Å². The summed E-state index contributed by atoms with van der Waals surface area (Å²) < 4.78 is 4.75. The molecule has 0 spiro atoms. The molecule has 148 valence electrons. The summed E-state index contributed by atoms with van der Waals surface area (Å²) in [6.45, 7) is 8.25. The number of hydrogen-bond acceptors (Lipinski definition) is 4. The Morgan fingerprint density at radius 3 is 2.11 bits per heavy atom. The lowest BCUT2D eigenvalue weighted by Crippen LogP contribution is -2.18. The van der Waals surface area contributed by atoms with E-state index in [1.165, 1.54) is 0 Å². The van der Waals surface area contributed by atoms with Gasteiger partial charge in [-0.05, 0) is 48.2 Å². The maximum Gasteiger partial charge on any atom is 0.315 e. The Labute approximate surface area is 165 Å². The Hall–Kier alpha value is -3.15. The van der Waals surface area contributed by atoms with Gasteiger partial charge in [-0.2, -0.15) is 0 Å². The second kappa shape index (κ2) is 9.17. The zero-order valence-electron chi connectivity index (χ0n) is 16.7. The van der Waals surface area contributed by atoms with E-state index < -0.39 is 11.9 Å². The lowest BCUT2D eigenvalue weighted by Gasteiger charge is -2.19. The molecule has 0 heterocycles. The van der Waals surface area contributed by atoms with Crippen LogP contribution >= 0.6 is 0 Å². The highest BCUT2D eigenvalue weighted by Gasteiger charge is 2.15. The summed E-state index contributed by atoms with van der Waals surface area (Å²) in [5.74, 6) is -1.29. The van der Waals surface area contributed by atoms with Crippen LogP contribution in [0.3, 0.4) is 0 Å². The van der Waals surface area contributed by atoms with Gasteiger partial charge in [-0.25, -0.2) is 0 Å². The molecule has 0 unspecified atom stereocenters. The van der Waals surface area contributed by atoms with Crippen molar-refractivity contribution in [2.75, 3.05) is 17.2 Å². The van der Waals surface area contributed by atoms with Crippen molar-refractivity contribution in [2.45, 2.75) is 39.5 Å². The average Bonchev–Trinajstić information content (AvgIpc) is 2.61. The first kappa shape index (κ1) is 21.2. The molecule has 0 aromatic heterocycles. The number of esters is 1. The topological polar surface area (TPSA) is 84.5 Å². The van der Waals surface area contributed by atoms with Gasteiger partial charge in [-0.3, -0.25) is 14.4 Å². The van der Waals surface area contributed by atoms with Crippen molar-refractivity contribution >= 4 is 29.2 Å². The average molecular weight is 382 g/mol. The van der Waals surface area contributed by atoms with Gasteiger partial charge in [0.2, 0.25) is 5.91 Å². The van der Waals surface area contributed by atoms with Crippen LogP contribution in [0.15, 0.2) is 48.5 Å². The predicted molar refractivity (Wildman–Crippen MR) is 109 cm³/mol. The molecule has 2 N–H and O–H groups in total. The van der Waals surface area contributed by atoms with Gasteiger partial charge in [0.1, 0.15) is 6.42 Å². The second-order valence-electron chi connectivity index (χ2n) is 7.39. The van der Waals surface area contributed by atoms with Crippen LogP contribution in [0, 0.1) is 0 Å². The van der Waals surface area contributed by atoms with E-state index in [2.05, 4.69) is 31.4 Å². The third kappa shape index (κ3) is 6.23. The minimum atomic E-state index is -0.580. The summed E-state index contributed by atoms with van der Waals surface area (Å²) in [5.41, 5.74) is 2.74. The van der Waals surface area contributed by atoms with Crippen molar-refractivity contribution in [1.82, 2.24) is 0 Å². The van der Waals surface area contributed by atoms with Gasteiger partial charge >= 0.3 is 5.97 Å². The molecule has 6 heteroatoms. The van der Waals surface area contributed by atoms with E-state index in [4.69, 9.17) is 4.74 Å². The quantitative estimate of drug-likeness (QED) is 0.581. The predicted octanol–water partition coefficient (Wildman–Crippen LogP) is 4.13. The Morgan fingerprint density at radius 2 is 1.54 bits per heavy atom. The molecule has 0 aliphatic carbocycles. The SMILES string of the molecule is CCOC(=O)CC(=O)Nc1cccc(NC(=O)c2ccc(C(C)(C)C)cc2)c1. The van der Waals surface area contributed by atoms with E-state index in [9.17, 15) is 14.4 Å². The molecule has 0 aliphatic rings. The summed E-state index contributed by atoms with van der Waals surface area (Å²) in [4.78, 5) is 35.7. The molecule has 0 atom stereocenters. The Kier molecular flexibility index (Phi) is 6.93. The number of hydrogen-bond donors (Lipinski definition) is 2. The second-order valence-corrected chi connectivity index (χ2v) is 7.39.